The van der Waals surface area contributed by atoms with Gasteiger partial charge in [-0.3, -0.25) is 4.79 Å². The van der Waals surface area contributed by atoms with Crippen LogP contribution < -0.4 is 5.32 Å². The van der Waals surface area contributed by atoms with Gasteiger partial charge in [0.15, 0.2) is 6.10 Å². The number of ether oxygens (including phenoxy) is 1. The van der Waals surface area contributed by atoms with Crippen LogP contribution in [0.2, 0.25) is 10.0 Å². The van der Waals surface area contributed by atoms with Gasteiger partial charge in [0.2, 0.25) is 0 Å². The van der Waals surface area contributed by atoms with Crippen molar-refractivity contribution in [2.24, 2.45) is 0 Å². The number of hydrogen-bond acceptors (Lipinski definition) is 4. The molecule has 2 aromatic carbocycles. The number of hydrogen-bond donors (Lipinski definition) is 1. The van der Waals surface area contributed by atoms with Crippen LogP contribution in [0.1, 0.15) is 17.4 Å². The second-order valence-electron chi connectivity index (χ2n) is 5.58. The summed E-state index contributed by atoms with van der Waals surface area (Å²) in [6.07, 6.45) is -1.02. The van der Waals surface area contributed by atoms with Gasteiger partial charge in [0.1, 0.15) is 5.69 Å². The molecule has 7 heteroatoms. The zero-order valence-corrected chi connectivity index (χ0v) is 15.2. The van der Waals surface area contributed by atoms with Crippen LogP contribution in [0.15, 0.2) is 54.6 Å². The molecular weight excluding hydrogens is 375 g/mol. The summed E-state index contributed by atoms with van der Waals surface area (Å²) < 4.78 is 5.20. The summed E-state index contributed by atoms with van der Waals surface area (Å²) in [5.74, 6) is -1.18. The summed E-state index contributed by atoms with van der Waals surface area (Å²) >= 11 is 11.8. The maximum Gasteiger partial charge on any atom is 0.357 e. The monoisotopic (exact) mass is 388 g/mol. The maximum atomic E-state index is 12.3. The van der Waals surface area contributed by atoms with Gasteiger partial charge in [0.25, 0.3) is 5.91 Å². The summed E-state index contributed by atoms with van der Waals surface area (Å²) in [7, 11) is 0. The van der Waals surface area contributed by atoms with Gasteiger partial charge in [-0.15, -0.1) is 0 Å². The van der Waals surface area contributed by atoms with Crippen molar-refractivity contribution in [3.05, 3.63) is 70.3 Å². The van der Waals surface area contributed by atoms with Crippen LogP contribution in [-0.2, 0) is 9.53 Å². The highest BCUT2D eigenvalue weighted by atomic mass is 35.5. The number of carbonyl (C=O) groups excluding carboxylic acids is 2. The first-order valence-electron chi connectivity index (χ1n) is 7.76. The van der Waals surface area contributed by atoms with Crippen LogP contribution in [0.4, 0.5) is 5.69 Å². The van der Waals surface area contributed by atoms with Crippen molar-refractivity contribution in [3.8, 4) is 0 Å². The Hall–Kier alpha value is -2.63. The first kappa shape index (κ1) is 18.2. The zero-order chi connectivity index (χ0) is 18.7. The van der Waals surface area contributed by atoms with Crippen molar-refractivity contribution >= 4 is 51.7 Å². The van der Waals surface area contributed by atoms with Crippen molar-refractivity contribution < 1.29 is 14.3 Å². The fourth-order valence-electron chi connectivity index (χ4n) is 2.32. The molecule has 26 heavy (non-hydrogen) atoms. The molecule has 1 aromatic heterocycles. The number of halogens is 2. The standard InChI is InChI=1S/C19H14Cl2N2O3/c1-11(18(24)22-15-9-13(20)8-14(21)10-15)26-19(25)17-7-6-12-4-2-3-5-16(12)23-17/h2-11H,1H3,(H,22,24). The van der Waals surface area contributed by atoms with E-state index in [0.717, 1.165) is 5.39 Å². The average molecular weight is 389 g/mol. The molecule has 0 spiro atoms. The molecule has 1 amide bonds. The normalized spacial score (nSPS) is 11.8. The Kier molecular flexibility index (Phi) is 5.40. The molecule has 0 aliphatic carbocycles. The summed E-state index contributed by atoms with van der Waals surface area (Å²) in [6.45, 7) is 1.47. The Morgan fingerprint density at radius 2 is 1.73 bits per heavy atom. The zero-order valence-electron chi connectivity index (χ0n) is 13.7. The SMILES string of the molecule is CC(OC(=O)c1ccc2ccccc2n1)C(=O)Nc1cc(Cl)cc(Cl)c1. The number of para-hydroxylation sites is 1. The first-order valence-corrected chi connectivity index (χ1v) is 8.52. The fourth-order valence-corrected chi connectivity index (χ4v) is 2.85. The predicted molar refractivity (Wildman–Crippen MR) is 102 cm³/mol. The van der Waals surface area contributed by atoms with E-state index in [-0.39, 0.29) is 5.69 Å². The Morgan fingerprint density at radius 1 is 1.04 bits per heavy atom. The van der Waals surface area contributed by atoms with Gasteiger partial charge in [-0.05, 0) is 37.3 Å². The minimum Gasteiger partial charge on any atom is -0.448 e. The maximum absolute atomic E-state index is 12.3. The highest BCUT2D eigenvalue weighted by molar-refractivity contribution is 6.35. The molecular formula is C19H14Cl2N2O3. The molecule has 1 heterocycles. The highest BCUT2D eigenvalue weighted by Crippen LogP contribution is 2.22. The molecule has 0 saturated carbocycles. The van der Waals surface area contributed by atoms with E-state index < -0.39 is 18.0 Å². The molecule has 0 aliphatic rings. The number of anilines is 1. The van der Waals surface area contributed by atoms with Crippen LogP contribution in [-0.4, -0.2) is 23.0 Å². The van der Waals surface area contributed by atoms with Gasteiger partial charge in [0.05, 0.1) is 5.52 Å². The molecule has 0 radical (unpaired) electrons. The molecule has 5 nitrogen and oxygen atoms in total. The van der Waals surface area contributed by atoms with Gasteiger partial charge in [-0.25, -0.2) is 9.78 Å². The minimum absolute atomic E-state index is 0.133. The number of nitrogens with one attached hydrogen (secondary N) is 1. The molecule has 3 aromatic rings. The Bertz CT molecular complexity index is 971. The number of rotatable bonds is 4. The fraction of sp³-hybridized carbons (Fsp3) is 0.105. The van der Waals surface area contributed by atoms with E-state index in [9.17, 15) is 9.59 Å². The van der Waals surface area contributed by atoms with Crippen LogP contribution in [0.25, 0.3) is 10.9 Å². The average Bonchev–Trinajstić information content (AvgIpc) is 2.60. The number of benzene rings is 2. The third-order valence-corrected chi connectivity index (χ3v) is 4.03. The number of esters is 1. The number of aromatic nitrogens is 1. The van der Waals surface area contributed by atoms with Gasteiger partial charge in [0, 0.05) is 21.1 Å². The van der Waals surface area contributed by atoms with E-state index in [1.165, 1.54) is 6.92 Å². The van der Waals surface area contributed by atoms with Gasteiger partial charge < -0.3 is 10.1 Å². The molecule has 1 N–H and O–H groups in total. The van der Waals surface area contributed by atoms with Crippen LogP contribution in [0, 0.1) is 0 Å². The Labute approximate surface area is 159 Å². The van der Waals surface area contributed by atoms with Gasteiger partial charge >= 0.3 is 5.97 Å². The lowest BCUT2D eigenvalue weighted by Gasteiger charge is -2.14. The highest BCUT2D eigenvalue weighted by Gasteiger charge is 2.20. The lowest BCUT2D eigenvalue weighted by molar-refractivity contribution is -0.123. The molecule has 0 aliphatic heterocycles. The number of carbonyl (C=O) groups is 2. The van der Waals surface area contributed by atoms with Crippen LogP contribution >= 0.6 is 23.2 Å². The molecule has 132 valence electrons. The Balaban J connectivity index is 1.68. The third kappa shape index (κ3) is 4.31. The van der Waals surface area contributed by atoms with E-state index in [1.807, 2.05) is 18.2 Å². The van der Waals surface area contributed by atoms with E-state index in [1.54, 1.807) is 36.4 Å². The summed E-state index contributed by atoms with van der Waals surface area (Å²) in [6, 6.07) is 15.4. The van der Waals surface area contributed by atoms with E-state index >= 15 is 0 Å². The molecule has 0 fully saturated rings. The van der Waals surface area contributed by atoms with Crippen molar-refractivity contribution in [1.82, 2.24) is 4.98 Å². The van der Waals surface area contributed by atoms with Gasteiger partial charge in [-0.2, -0.15) is 0 Å². The lowest BCUT2D eigenvalue weighted by Crippen LogP contribution is -2.30. The summed E-state index contributed by atoms with van der Waals surface area (Å²) in [5, 5.41) is 4.29. The Morgan fingerprint density at radius 3 is 2.46 bits per heavy atom. The van der Waals surface area contributed by atoms with E-state index in [0.29, 0.717) is 21.2 Å². The molecule has 3 rings (SSSR count). The lowest BCUT2D eigenvalue weighted by atomic mass is 10.2. The van der Waals surface area contributed by atoms with Crippen molar-refractivity contribution in [3.63, 3.8) is 0 Å². The largest absolute Gasteiger partial charge is 0.448 e. The number of nitrogens with zero attached hydrogens (tertiary/aromatic N) is 1. The number of fused-ring (bicyclic) bond motifs is 1. The molecule has 1 atom stereocenters. The topological polar surface area (TPSA) is 68.3 Å². The van der Waals surface area contributed by atoms with Gasteiger partial charge in [-0.1, -0.05) is 47.5 Å². The molecule has 1 unspecified atom stereocenters. The van der Waals surface area contributed by atoms with E-state index in [4.69, 9.17) is 27.9 Å². The van der Waals surface area contributed by atoms with Crippen molar-refractivity contribution in [2.75, 3.05) is 5.32 Å². The van der Waals surface area contributed by atoms with Crippen LogP contribution in [0.5, 0.6) is 0 Å². The quantitative estimate of drug-likeness (QED) is 0.656. The minimum atomic E-state index is -1.02. The third-order valence-electron chi connectivity index (χ3n) is 3.59. The van der Waals surface area contributed by atoms with Crippen LogP contribution in [0.3, 0.4) is 0 Å². The first-order chi connectivity index (χ1) is 12.4. The number of amides is 1. The molecule has 0 saturated heterocycles. The second-order valence-corrected chi connectivity index (χ2v) is 6.46. The van der Waals surface area contributed by atoms with Crippen molar-refractivity contribution in [1.29, 1.82) is 0 Å². The number of pyridine rings is 1. The molecule has 0 bridgehead atoms. The smallest absolute Gasteiger partial charge is 0.357 e. The second kappa shape index (κ2) is 7.72. The summed E-state index contributed by atoms with van der Waals surface area (Å²) in [4.78, 5) is 28.7. The summed E-state index contributed by atoms with van der Waals surface area (Å²) in [5.41, 5.74) is 1.22. The van der Waals surface area contributed by atoms with Crippen molar-refractivity contribution in [2.45, 2.75) is 13.0 Å². The van der Waals surface area contributed by atoms with E-state index in [2.05, 4.69) is 10.3 Å². The predicted octanol–water partition coefficient (Wildman–Crippen LogP) is 4.73.